The van der Waals surface area contributed by atoms with Gasteiger partial charge in [-0.2, -0.15) is 5.26 Å². The summed E-state index contributed by atoms with van der Waals surface area (Å²) in [7, 11) is 0. The maximum Gasteiger partial charge on any atom is 0.251 e. The smallest absolute Gasteiger partial charge is 0.251 e. The average molecular weight is 279 g/mol. The van der Waals surface area contributed by atoms with Gasteiger partial charge in [-0.3, -0.25) is 9.69 Å². The van der Waals surface area contributed by atoms with Crippen LogP contribution in [0.1, 0.15) is 39.5 Å². The van der Waals surface area contributed by atoms with E-state index in [1.54, 1.807) is 0 Å². The first kappa shape index (κ1) is 15.3. The highest BCUT2D eigenvalue weighted by molar-refractivity contribution is 5.81. The van der Waals surface area contributed by atoms with Crippen LogP contribution in [-0.2, 0) is 9.53 Å². The molecule has 2 heterocycles. The van der Waals surface area contributed by atoms with E-state index in [4.69, 9.17) is 4.74 Å². The van der Waals surface area contributed by atoms with E-state index in [-0.39, 0.29) is 24.2 Å². The number of nitrogens with zero attached hydrogens (tertiary/aromatic N) is 3. The lowest BCUT2D eigenvalue weighted by Gasteiger charge is -2.37. The van der Waals surface area contributed by atoms with Crippen molar-refractivity contribution in [2.24, 2.45) is 0 Å². The summed E-state index contributed by atoms with van der Waals surface area (Å²) in [5, 5.41) is 9.19. The molecule has 0 saturated carbocycles. The zero-order valence-electron chi connectivity index (χ0n) is 12.5. The molecule has 1 amide bonds. The summed E-state index contributed by atoms with van der Waals surface area (Å²) in [6, 6.07) is 2.38. The molecule has 2 saturated heterocycles. The summed E-state index contributed by atoms with van der Waals surface area (Å²) in [6.45, 7) is 7.15. The van der Waals surface area contributed by atoms with E-state index in [1.807, 2.05) is 11.8 Å². The van der Waals surface area contributed by atoms with Crippen molar-refractivity contribution in [3.8, 4) is 6.07 Å². The van der Waals surface area contributed by atoms with Gasteiger partial charge in [-0.25, -0.2) is 0 Å². The molecule has 0 N–H and O–H groups in total. The number of carbonyl (C=O) groups is 1. The number of hydrogen-bond donors (Lipinski definition) is 0. The largest absolute Gasteiger partial charge is 0.365 e. The molecule has 0 spiro atoms. The number of rotatable bonds is 4. The van der Waals surface area contributed by atoms with Gasteiger partial charge in [-0.15, -0.1) is 0 Å². The maximum absolute atomic E-state index is 12.3. The Balaban J connectivity index is 1.82. The van der Waals surface area contributed by atoms with Gasteiger partial charge in [-0.1, -0.05) is 13.3 Å². The molecular formula is C15H25N3O2. The van der Waals surface area contributed by atoms with Crippen LogP contribution in [0.4, 0.5) is 0 Å². The number of amides is 1. The second-order valence-electron chi connectivity index (χ2n) is 5.81. The number of piperazine rings is 1. The monoisotopic (exact) mass is 279 g/mol. The van der Waals surface area contributed by atoms with Crippen molar-refractivity contribution < 1.29 is 9.53 Å². The Morgan fingerprint density at radius 2 is 2.05 bits per heavy atom. The number of hydrogen-bond acceptors (Lipinski definition) is 4. The molecule has 5 nitrogen and oxygen atoms in total. The lowest BCUT2D eigenvalue weighted by Crippen LogP contribution is -2.53. The fourth-order valence-electron chi connectivity index (χ4n) is 3.04. The number of nitriles is 1. The van der Waals surface area contributed by atoms with E-state index >= 15 is 0 Å². The molecule has 0 aromatic rings. The number of carbonyl (C=O) groups excluding carboxylic acids is 1. The fourth-order valence-corrected chi connectivity index (χ4v) is 3.04. The predicted octanol–water partition coefficient (Wildman–Crippen LogP) is 1.39. The molecule has 3 atom stereocenters. The molecule has 112 valence electrons. The van der Waals surface area contributed by atoms with E-state index in [0.29, 0.717) is 0 Å². The Morgan fingerprint density at radius 3 is 2.55 bits per heavy atom. The molecule has 0 bridgehead atoms. The van der Waals surface area contributed by atoms with Gasteiger partial charge in [0, 0.05) is 26.2 Å². The van der Waals surface area contributed by atoms with E-state index in [0.717, 1.165) is 51.9 Å². The molecule has 0 aliphatic carbocycles. The van der Waals surface area contributed by atoms with Crippen molar-refractivity contribution in [1.82, 2.24) is 9.80 Å². The summed E-state index contributed by atoms with van der Waals surface area (Å²) in [5.74, 6) is 0.137. The van der Waals surface area contributed by atoms with Crippen LogP contribution in [0.25, 0.3) is 0 Å². The van der Waals surface area contributed by atoms with Gasteiger partial charge in [0.2, 0.25) is 0 Å². The molecule has 2 aliphatic heterocycles. The van der Waals surface area contributed by atoms with Gasteiger partial charge in [0.15, 0.2) is 0 Å². The Hall–Kier alpha value is -1.12. The van der Waals surface area contributed by atoms with Crippen molar-refractivity contribution in [2.75, 3.05) is 26.2 Å². The lowest BCUT2D eigenvalue weighted by molar-refractivity contribution is -0.144. The van der Waals surface area contributed by atoms with Gasteiger partial charge in [0.1, 0.15) is 6.10 Å². The highest BCUT2D eigenvalue weighted by atomic mass is 16.5. The molecule has 5 heteroatoms. The first-order chi connectivity index (χ1) is 9.65. The van der Waals surface area contributed by atoms with Gasteiger partial charge in [0.05, 0.1) is 18.2 Å². The van der Waals surface area contributed by atoms with Crippen LogP contribution < -0.4 is 0 Å². The zero-order chi connectivity index (χ0) is 14.5. The van der Waals surface area contributed by atoms with E-state index in [9.17, 15) is 10.1 Å². The Labute approximate surface area is 121 Å². The Morgan fingerprint density at radius 1 is 1.35 bits per heavy atom. The molecule has 0 aromatic heterocycles. The molecular weight excluding hydrogens is 254 g/mol. The number of ether oxygens (including phenoxy) is 1. The van der Waals surface area contributed by atoms with Crippen LogP contribution in [0.2, 0.25) is 0 Å². The summed E-state index contributed by atoms with van der Waals surface area (Å²) in [6.07, 6.45) is 3.72. The molecule has 2 rings (SSSR count). The second kappa shape index (κ2) is 7.05. The van der Waals surface area contributed by atoms with Crippen molar-refractivity contribution in [3.05, 3.63) is 0 Å². The van der Waals surface area contributed by atoms with Crippen molar-refractivity contribution in [3.63, 3.8) is 0 Å². The Bertz CT molecular complexity index is 372. The maximum atomic E-state index is 12.3. The minimum atomic E-state index is -0.237. The third kappa shape index (κ3) is 3.50. The lowest BCUT2D eigenvalue weighted by atomic mass is 10.1. The second-order valence-corrected chi connectivity index (χ2v) is 5.81. The normalized spacial score (nSPS) is 29.1. The predicted molar refractivity (Wildman–Crippen MR) is 76.0 cm³/mol. The molecule has 2 aliphatic rings. The minimum absolute atomic E-state index is 0.00000446. The molecule has 0 radical (unpaired) electrons. The van der Waals surface area contributed by atoms with Crippen LogP contribution >= 0.6 is 0 Å². The molecule has 20 heavy (non-hydrogen) atoms. The first-order valence-corrected chi connectivity index (χ1v) is 7.73. The third-order valence-electron chi connectivity index (χ3n) is 4.29. The molecule has 0 aromatic carbocycles. The van der Waals surface area contributed by atoms with Crippen LogP contribution in [0.15, 0.2) is 0 Å². The zero-order valence-corrected chi connectivity index (χ0v) is 12.5. The minimum Gasteiger partial charge on any atom is -0.365 e. The van der Waals surface area contributed by atoms with E-state index in [1.165, 1.54) is 0 Å². The summed E-state index contributed by atoms with van der Waals surface area (Å²) < 4.78 is 5.65. The van der Waals surface area contributed by atoms with Gasteiger partial charge in [-0.05, 0) is 26.2 Å². The highest BCUT2D eigenvalue weighted by Crippen LogP contribution is 2.21. The van der Waals surface area contributed by atoms with Crippen LogP contribution in [0, 0.1) is 11.3 Å². The first-order valence-electron chi connectivity index (χ1n) is 7.73. The van der Waals surface area contributed by atoms with E-state index in [2.05, 4.69) is 17.9 Å². The highest BCUT2D eigenvalue weighted by Gasteiger charge is 2.33. The van der Waals surface area contributed by atoms with Crippen LogP contribution in [0.3, 0.4) is 0 Å². The van der Waals surface area contributed by atoms with Crippen molar-refractivity contribution in [1.29, 1.82) is 5.26 Å². The van der Waals surface area contributed by atoms with Crippen molar-refractivity contribution in [2.45, 2.75) is 57.8 Å². The van der Waals surface area contributed by atoms with Crippen molar-refractivity contribution >= 4 is 5.91 Å². The van der Waals surface area contributed by atoms with Gasteiger partial charge >= 0.3 is 0 Å². The topological polar surface area (TPSA) is 56.6 Å². The van der Waals surface area contributed by atoms with Crippen LogP contribution in [0.5, 0.6) is 0 Å². The summed E-state index contributed by atoms with van der Waals surface area (Å²) in [4.78, 5) is 16.4. The van der Waals surface area contributed by atoms with Crippen LogP contribution in [-0.4, -0.2) is 60.1 Å². The Kier molecular flexibility index (Phi) is 5.38. The molecule has 3 unspecified atom stereocenters. The fraction of sp³-hybridized carbons (Fsp3) is 0.867. The third-order valence-corrected chi connectivity index (χ3v) is 4.29. The average Bonchev–Trinajstić information content (AvgIpc) is 2.91. The standard InChI is InChI=1S/C15H25N3O2/c1-3-4-13(11-16)17-7-9-18(10-8-17)15(19)14-6-5-12(2)20-14/h12-14H,3-10H2,1-2H3. The summed E-state index contributed by atoms with van der Waals surface area (Å²) in [5.41, 5.74) is 0. The van der Waals surface area contributed by atoms with Gasteiger partial charge < -0.3 is 9.64 Å². The van der Waals surface area contributed by atoms with Gasteiger partial charge in [0.25, 0.3) is 5.91 Å². The molecule has 2 fully saturated rings. The summed E-state index contributed by atoms with van der Waals surface area (Å²) >= 11 is 0. The SMILES string of the molecule is CCCC(C#N)N1CCN(C(=O)C2CCC(C)O2)CC1. The quantitative estimate of drug-likeness (QED) is 0.780. The van der Waals surface area contributed by atoms with E-state index < -0.39 is 0 Å².